The highest BCUT2D eigenvalue weighted by atomic mass is 16.4. The summed E-state index contributed by atoms with van der Waals surface area (Å²) in [5.41, 5.74) is 0. The molecule has 5 nitrogen and oxygen atoms in total. The molecular weight excluding hydrogens is 271 g/mol. The van der Waals surface area contributed by atoms with Crippen molar-refractivity contribution in [3.8, 4) is 0 Å². The first-order valence-corrected chi connectivity index (χ1v) is 7.26. The van der Waals surface area contributed by atoms with Crippen LogP contribution in [0.2, 0.25) is 0 Å². The molecule has 5 atom stereocenters. The van der Waals surface area contributed by atoms with Gasteiger partial charge in [0.15, 0.2) is 0 Å². The van der Waals surface area contributed by atoms with Crippen LogP contribution in [0.4, 0.5) is 0 Å². The maximum Gasteiger partial charge on any atom is 0.303 e. The smallest absolute Gasteiger partial charge is 0.303 e. The van der Waals surface area contributed by atoms with E-state index in [9.17, 15) is 15.0 Å². The van der Waals surface area contributed by atoms with E-state index in [0.717, 1.165) is 0 Å². The first-order valence-electron chi connectivity index (χ1n) is 7.26. The van der Waals surface area contributed by atoms with Crippen LogP contribution >= 0.6 is 0 Å². The Hall–Kier alpha value is -1.11. The zero-order chi connectivity index (χ0) is 15.8. The van der Waals surface area contributed by atoms with Gasteiger partial charge in [0.1, 0.15) is 7.85 Å². The van der Waals surface area contributed by atoms with E-state index in [4.69, 9.17) is 18.1 Å². The van der Waals surface area contributed by atoms with Gasteiger partial charge in [-0.15, -0.1) is 0 Å². The van der Waals surface area contributed by atoms with Gasteiger partial charge in [-0.3, -0.25) is 4.79 Å². The second kappa shape index (κ2) is 9.02. The number of carboxylic acid groups (broad SMARTS) is 1. The van der Waals surface area contributed by atoms with Crippen molar-refractivity contribution in [1.29, 1.82) is 0 Å². The summed E-state index contributed by atoms with van der Waals surface area (Å²) in [4.78, 5) is 10.4. The van der Waals surface area contributed by atoms with Crippen LogP contribution in [0.15, 0.2) is 24.3 Å². The van der Waals surface area contributed by atoms with Crippen molar-refractivity contribution in [2.45, 2.75) is 50.3 Å². The first kappa shape index (κ1) is 17.9. The van der Waals surface area contributed by atoms with Crippen molar-refractivity contribution in [2.75, 3.05) is 0 Å². The van der Waals surface area contributed by atoms with E-state index in [1.807, 2.05) is 12.2 Å². The molecule has 1 saturated carbocycles. The highest BCUT2D eigenvalue weighted by molar-refractivity contribution is 6.12. The van der Waals surface area contributed by atoms with Gasteiger partial charge in [0, 0.05) is 24.8 Å². The number of allylic oxidation sites excluding steroid dienone is 2. The summed E-state index contributed by atoms with van der Waals surface area (Å²) >= 11 is 0. The van der Waals surface area contributed by atoms with Crippen molar-refractivity contribution < 1.29 is 25.2 Å². The standard InChI is InChI=1S/C15H23BO5/c16-14(19)8-7-11-10(12(17)9-13(11)18)5-3-1-2-4-6-15(20)21/h1,3,7-8,10-14,17-19H,2,4-6,9H2,(H,20,21)/b3-1-,8-7+/t10-,11-,12+,13-,14?/m1/s1. The fraction of sp³-hybridized carbons (Fsp3) is 0.667. The average molecular weight is 294 g/mol. The molecule has 1 aliphatic rings. The molecule has 2 radical (unpaired) electrons. The second-order valence-corrected chi connectivity index (χ2v) is 5.48. The highest BCUT2D eigenvalue weighted by Gasteiger charge is 2.39. The van der Waals surface area contributed by atoms with Crippen LogP contribution in [0.3, 0.4) is 0 Å². The number of carboxylic acids is 1. The molecule has 1 aliphatic carbocycles. The van der Waals surface area contributed by atoms with Gasteiger partial charge in [-0.2, -0.15) is 0 Å². The quantitative estimate of drug-likeness (QED) is 0.298. The van der Waals surface area contributed by atoms with E-state index >= 15 is 0 Å². The molecule has 0 aliphatic heterocycles. The predicted octanol–water partition coefficient (Wildman–Crippen LogP) is 0.589. The summed E-state index contributed by atoms with van der Waals surface area (Å²) in [6.07, 6.45) is 7.98. The van der Waals surface area contributed by atoms with E-state index in [1.54, 1.807) is 6.08 Å². The van der Waals surface area contributed by atoms with Crippen LogP contribution in [0, 0.1) is 11.8 Å². The second-order valence-electron chi connectivity index (χ2n) is 5.48. The van der Waals surface area contributed by atoms with E-state index in [1.165, 1.54) is 6.08 Å². The van der Waals surface area contributed by atoms with E-state index in [-0.39, 0.29) is 18.3 Å². The molecule has 0 aromatic rings. The van der Waals surface area contributed by atoms with Gasteiger partial charge in [-0.25, -0.2) is 0 Å². The number of hydrogen-bond acceptors (Lipinski definition) is 4. The summed E-state index contributed by atoms with van der Waals surface area (Å²) in [6.45, 7) is 0. The lowest BCUT2D eigenvalue weighted by Crippen LogP contribution is -2.20. The van der Waals surface area contributed by atoms with Crippen molar-refractivity contribution in [2.24, 2.45) is 11.8 Å². The summed E-state index contributed by atoms with van der Waals surface area (Å²) in [7, 11) is 5.24. The molecule has 0 saturated heterocycles. The number of aliphatic hydroxyl groups excluding tert-OH is 3. The van der Waals surface area contributed by atoms with Gasteiger partial charge in [0.25, 0.3) is 0 Å². The molecule has 0 heterocycles. The largest absolute Gasteiger partial charge is 0.481 e. The number of rotatable bonds is 8. The monoisotopic (exact) mass is 294 g/mol. The van der Waals surface area contributed by atoms with Crippen LogP contribution in [0.1, 0.15) is 32.1 Å². The molecule has 21 heavy (non-hydrogen) atoms. The van der Waals surface area contributed by atoms with Gasteiger partial charge < -0.3 is 20.4 Å². The molecule has 6 heteroatoms. The molecule has 0 spiro atoms. The maximum atomic E-state index is 10.4. The number of aliphatic carboxylic acids is 1. The molecular formula is C15H23BO5. The van der Waals surface area contributed by atoms with Gasteiger partial charge in [0.2, 0.25) is 0 Å². The molecule has 0 aromatic carbocycles. The lowest BCUT2D eigenvalue weighted by molar-refractivity contribution is -0.137. The summed E-state index contributed by atoms with van der Waals surface area (Å²) in [5.74, 6) is -1.16. The van der Waals surface area contributed by atoms with E-state index in [0.29, 0.717) is 25.7 Å². The summed E-state index contributed by atoms with van der Waals surface area (Å²) < 4.78 is 0. The Kier molecular flexibility index (Phi) is 7.71. The normalized spacial score (nSPS) is 31.2. The maximum absolute atomic E-state index is 10.4. The van der Waals surface area contributed by atoms with Crippen LogP contribution in [0.25, 0.3) is 0 Å². The van der Waals surface area contributed by atoms with Crippen LogP contribution in [-0.4, -0.2) is 52.5 Å². The molecule has 116 valence electrons. The third-order valence-electron chi connectivity index (χ3n) is 3.78. The molecule has 1 fully saturated rings. The number of hydrogen-bond donors (Lipinski definition) is 4. The molecule has 0 bridgehead atoms. The summed E-state index contributed by atoms with van der Waals surface area (Å²) in [5, 5.41) is 37.5. The Bertz CT molecular complexity index is 380. The van der Waals surface area contributed by atoms with Gasteiger partial charge in [0.05, 0.1) is 12.2 Å². The lowest BCUT2D eigenvalue weighted by atomic mass is 9.88. The van der Waals surface area contributed by atoms with Crippen molar-refractivity contribution >= 4 is 13.8 Å². The minimum Gasteiger partial charge on any atom is -0.481 e. The lowest BCUT2D eigenvalue weighted by Gasteiger charge is -2.19. The Morgan fingerprint density at radius 3 is 2.62 bits per heavy atom. The highest BCUT2D eigenvalue weighted by Crippen LogP contribution is 2.36. The number of unbranched alkanes of at least 4 members (excludes halogenated alkanes) is 1. The predicted molar refractivity (Wildman–Crippen MR) is 79.8 cm³/mol. The average Bonchev–Trinajstić information content (AvgIpc) is 2.65. The van der Waals surface area contributed by atoms with Crippen LogP contribution in [-0.2, 0) is 4.79 Å². The minimum absolute atomic E-state index is 0.120. The molecule has 1 unspecified atom stereocenters. The van der Waals surface area contributed by atoms with E-state index < -0.39 is 24.2 Å². The third kappa shape index (κ3) is 6.46. The Balaban J connectivity index is 2.46. The van der Waals surface area contributed by atoms with Crippen molar-refractivity contribution in [3.05, 3.63) is 24.3 Å². The minimum atomic E-state index is -1.07. The van der Waals surface area contributed by atoms with Crippen molar-refractivity contribution in [3.63, 3.8) is 0 Å². The Labute approximate surface area is 126 Å². The number of aliphatic hydroxyl groups is 3. The number of carbonyl (C=O) groups is 1. The molecule has 0 amide bonds. The molecule has 0 aromatic heterocycles. The Morgan fingerprint density at radius 2 is 2.00 bits per heavy atom. The van der Waals surface area contributed by atoms with E-state index in [2.05, 4.69) is 0 Å². The van der Waals surface area contributed by atoms with Gasteiger partial charge in [-0.1, -0.05) is 24.3 Å². The molecule has 1 rings (SSSR count). The first-order chi connectivity index (χ1) is 9.91. The zero-order valence-corrected chi connectivity index (χ0v) is 12.0. The van der Waals surface area contributed by atoms with Gasteiger partial charge in [-0.05, 0) is 25.2 Å². The van der Waals surface area contributed by atoms with Crippen LogP contribution < -0.4 is 0 Å². The van der Waals surface area contributed by atoms with Crippen molar-refractivity contribution in [1.82, 2.24) is 0 Å². The summed E-state index contributed by atoms with van der Waals surface area (Å²) in [6, 6.07) is -1.07. The third-order valence-corrected chi connectivity index (χ3v) is 3.78. The molecule has 4 N–H and O–H groups in total. The SMILES string of the molecule is [B]C(O)/C=C/[C@@H]1[C@@H](C/C=C\CCCC(=O)O)[C@@H](O)C[C@H]1O. The fourth-order valence-electron chi connectivity index (χ4n) is 2.69. The van der Waals surface area contributed by atoms with Gasteiger partial charge >= 0.3 is 5.97 Å². The zero-order valence-electron chi connectivity index (χ0n) is 12.0. The Morgan fingerprint density at radius 1 is 1.29 bits per heavy atom. The topological polar surface area (TPSA) is 98.0 Å². The van der Waals surface area contributed by atoms with Crippen LogP contribution in [0.5, 0.6) is 0 Å². The fourth-order valence-corrected chi connectivity index (χ4v) is 2.69.